The van der Waals surface area contributed by atoms with E-state index in [1.165, 1.54) is 29.2 Å². The van der Waals surface area contributed by atoms with Crippen molar-refractivity contribution in [1.29, 1.82) is 0 Å². The molecule has 2 atom stereocenters. The summed E-state index contributed by atoms with van der Waals surface area (Å²) in [6.45, 7) is 2.65. The Morgan fingerprint density at radius 2 is 1.61 bits per heavy atom. The molecule has 0 bridgehead atoms. The number of carbonyl (C=O) groups is 6. The molecule has 3 aliphatic heterocycles. The van der Waals surface area contributed by atoms with Crippen molar-refractivity contribution < 1.29 is 38.0 Å². The van der Waals surface area contributed by atoms with Crippen molar-refractivity contribution in [3.05, 3.63) is 24.3 Å². The van der Waals surface area contributed by atoms with Crippen LogP contribution in [0.4, 0.5) is 0 Å². The van der Waals surface area contributed by atoms with Crippen molar-refractivity contribution in [2.45, 2.75) is 76.9 Å². The van der Waals surface area contributed by atoms with Crippen molar-refractivity contribution in [2.24, 2.45) is 0 Å². The molecule has 0 radical (unpaired) electrons. The van der Waals surface area contributed by atoms with Gasteiger partial charge in [0.1, 0.15) is 12.3 Å². The predicted octanol–water partition coefficient (Wildman–Crippen LogP) is 1.75. The lowest BCUT2D eigenvalue weighted by atomic mass is 10.1. The van der Waals surface area contributed by atoms with E-state index in [1.807, 2.05) is 0 Å². The first kappa shape index (κ1) is 24.7. The third-order valence-electron chi connectivity index (χ3n) is 6.46. The molecule has 0 aromatic carbocycles. The fraction of sp³-hybridized carbons (Fsp3) is 0.583. The zero-order valence-electron chi connectivity index (χ0n) is 19.0. The lowest BCUT2D eigenvalue weighted by Gasteiger charge is -2.14. The average molecular weight is 460 g/mol. The minimum absolute atomic E-state index is 0.000623. The Labute approximate surface area is 193 Å². The molecular weight excluding hydrogens is 428 g/mol. The molecule has 9 heteroatoms. The summed E-state index contributed by atoms with van der Waals surface area (Å²) in [5.74, 6) is -1.13. The van der Waals surface area contributed by atoms with Crippen LogP contribution < -0.4 is 0 Å². The molecule has 1 saturated heterocycles. The van der Waals surface area contributed by atoms with E-state index in [2.05, 4.69) is 0 Å². The summed E-state index contributed by atoms with van der Waals surface area (Å²) >= 11 is 0. The minimum Gasteiger partial charge on any atom is -0.463 e. The van der Waals surface area contributed by atoms with Gasteiger partial charge in [-0.1, -0.05) is 6.42 Å². The van der Waals surface area contributed by atoms with Crippen LogP contribution in [-0.4, -0.2) is 70.0 Å². The monoisotopic (exact) mass is 459 g/mol. The molecule has 2 unspecified atom stereocenters. The molecular formula is C24H31N2O7+. The van der Waals surface area contributed by atoms with Crippen molar-refractivity contribution >= 4 is 35.4 Å². The Bertz CT molecular complexity index is 868. The molecule has 9 nitrogen and oxygen atoms in total. The Kier molecular flexibility index (Phi) is 8.07. The van der Waals surface area contributed by atoms with Crippen LogP contribution in [0.2, 0.25) is 0 Å². The molecule has 178 valence electrons. The van der Waals surface area contributed by atoms with E-state index in [0.717, 1.165) is 0 Å². The van der Waals surface area contributed by atoms with Gasteiger partial charge >= 0.3 is 17.8 Å². The number of ketones is 1. The van der Waals surface area contributed by atoms with Gasteiger partial charge in [-0.25, -0.2) is 9.59 Å². The number of amides is 4. The maximum absolute atomic E-state index is 12.1. The highest BCUT2D eigenvalue weighted by molar-refractivity contribution is 6.12. The number of unbranched alkanes of at least 4 members (excludes halogenated alkanes) is 2. The van der Waals surface area contributed by atoms with E-state index in [1.54, 1.807) is 6.92 Å². The lowest BCUT2D eigenvalue weighted by Crippen LogP contribution is -2.35. The summed E-state index contributed by atoms with van der Waals surface area (Å²) in [4.78, 5) is 71.9. The van der Waals surface area contributed by atoms with Crippen LogP contribution in [0.5, 0.6) is 0 Å². The summed E-state index contributed by atoms with van der Waals surface area (Å²) < 4.78 is 5.26. The Hall–Kier alpha value is -2.94. The van der Waals surface area contributed by atoms with Crippen LogP contribution in [0, 0.1) is 0 Å². The Morgan fingerprint density at radius 1 is 0.939 bits per heavy atom. The summed E-state index contributed by atoms with van der Waals surface area (Å²) in [5.41, 5.74) is 0. The Morgan fingerprint density at radius 3 is 2.27 bits per heavy atom. The van der Waals surface area contributed by atoms with Crippen molar-refractivity contribution in [2.75, 3.05) is 13.1 Å². The van der Waals surface area contributed by atoms with Crippen molar-refractivity contribution in [3.8, 4) is 0 Å². The van der Waals surface area contributed by atoms with Crippen LogP contribution >= 0.6 is 0 Å². The van der Waals surface area contributed by atoms with Gasteiger partial charge in [0.15, 0.2) is 6.04 Å². The van der Waals surface area contributed by atoms with Crippen LogP contribution in [-0.2, 0) is 33.5 Å². The molecule has 4 amide bonds. The fourth-order valence-electron chi connectivity index (χ4n) is 4.39. The normalized spacial score (nSPS) is 21.4. The second-order valence-electron chi connectivity index (χ2n) is 8.96. The first-order valence-corrected chi connectivity index (χ1v) is 11.6. The SMILES string of the molecule is CC(CCC(=O)CCCC1C[N+]12C(=O)C=CC2=O)OC(=O)CCCCCN1C(=O)C=CC1=O. The predicted molar refractivity (Wildman–Crippen MR) is 116 cm³/mol. The number of ether oxygens (including phenoxy) is 1. The molecule has 33 heavy (non-hydrogen) atoms. The highest BCUT2D eigenvalue weighted by atomic mass is 16.5. The van der Waals surface area contributed by atoms with Gasteiger partial charge < -0.3 is 4.74 Å². The number of esters is 1. The lowest BCUT2D eigenvalue weighted by molar-refractivity contribution is -0.644. The van der Waals surface area contributed by atoms with Gasteiger partial charge in [0.25, 0.3) is 11.8 Å². The van der Waals surface area contributed by atoms with E-state index in [-0.39, 0.29) is 58.4 Å². The first-order valence-electron chi connectivity index (χ1n) is 11.6. The zero-order valence-corrected chi connectivity index (χ0v) is 19.0. The fourth-order valence-corrected chi connectivity index (χ4v) is 4.39. The topological polar surface area (TPSA) is 115 Å². The van der Waals surface area contributed by atoms with E-state index in [0.29, 0.717) is 64.5 Å². The highest BCUT2D eigenvalue weighted by Crippen LogP contribution is 2.39. The number of carbonyl (C=O) groups excluding carboxylic acids is 6. The van der Waals surface area contributed by atoms with Gasteiger partial charge in [0.05, 0.1) is 18.3 Å². The van der Waals surface area contributed by atoms with Gasteiger partial charge in [-0.3, -0.25) is 24.1 Å². The first-order chi connectivity index (χ1) is 15.7. The number of hydrogen-bond acceptors (Lipinski definition) is 7. The molecule has 0 aromatic heterocycles. The van der Waals surface area contributed by atoms with Crippen LogP contribution in [0.1, 0.15) is 64.7 Å². The number of rotatable bonds is 14. The van der Waals surface area contributed by atoms with Gasteiger partial charge in [-0.05, 0) is 32.6 Å². The smallest absolute Gasteiger partial charge is 0.347 e. The van der Waals surface area contributed by atoms with Crippen LogP contribution in [0.25, 0.3) is 0 Å². The van der Waals surface area contributed by atoms with Crippen molar-refractivity contribution in [1.82, 2.24) is 4.90 Å². The number of imide groups is 2. The summed E-state index contributed by atoms with van der Waals surface area (Å²) in [5, 5.41) is 0. The molecule has 3 rings (SSSR count). The molecule has 0 aromatic rings. The van der Waals surface area contributed by atoms with Crippen LogP contribution in [0.15, 0.2) is 24.3 Å². The third kappa shape index (κ3) is 6.10. The van der Waals surface area contributed by atoms with E-state index < -0.39 is 0 Å². The van der Waals surface area contributed by atoms with Crippen LogP contribution in [0.3, 0.4) is 0 Å². The number of Topliss-reactive ketones (excluding diaryl/α,β-unsaturated/α-hetero) is 1. The second kappa shape index (κ2) is 10.8. The number of nitrogens with zero attached hydrogens (tertiary/aromatic N) is 2. The van der Waals surface area contributed by atoms with Gasteiger partial charge in [0.2, 0.25) is 0 Å². The van der Waals surface area contributed by atoms with E-state index in [4.69, 9.17) is 4.74 Å². The highest BCUT2D eigenvalue weighted by Gasteiger charge is 2.66. The average Bonchev–Trinajstić information content (AvgIpc) is 3.33. The van der Waals surface area contributed by atoms with E-state index >= 15 is 0 Å². The number of quaternary nitrogens is 1. The summed E-state index contributed by atoms with van der Waals surface area (Å²) in [7, 11) is 0. The molecule has 3 aliphatic rings. The third-order valence-corrected chi connectivity index (χ3v) is 6.46. The standard InChI is InChI=1S/C24H31N2O7/c1-17(33-24(32)8-3-2-4-15-25-20(28)11-12-21(25)29)9-10-19(27)7-5-6-18-16-26(18)22(30)13-14-23(26)31/h11-14,17-18H,2-10,15-16H2,1H3/q+1. The molecule has 0 saturated carbocycles. The molecule has 0 N–H and O–H groups in total. The molecule has 1 fully saturated rings. The molecule has 1 spiro atoms. The summed E-state index contributed by atoms with van der Waals surface area (Å²) in [6.07, 6.45) is 9.53. The Balaban J connectivity index is 1.19. The van der Waals surface area contributed by atoms with Gasteiger partial charge in [-0.15, -0.1) is 0 Å². The van der Waals surface area contributed by atoms with Crippen molar-refractivity contribution in [3.63, 3.8) is 0 Å². The van der Waals surface area contributed by atoms with E-state index in [9.17, 15) is 28.8 Å². The maximum atomic E-state index is 12.1. The maximum Gasteiger partial charge on any atom is 0.347 e. The number of hydrogen-bond donors (Lipinski definition) is 0. The molecule has 3 heterocycles. The zero-order chi connectivity index (χ0) is 24.0. The second-order valence-corrected chi connectivity index (χ2v) is 8.96. The largest absolute Gasteiger partial charge is 0.463 e. The van der Waals surface area contributed by atoms with Gasteiger partial charge in [-0.2, -0.15) is 4.48 Å². The minimum atomic E-state index is -0.351. The van der Waals surface area contributed by atoms with Gasteiger partial charge in [0, 0.05) is 44.4 Å². The summed E-state index contributed by atoms with van der Waals surface area (Å²) in [6, 6.07) is 0.000623. The quantitative estimate of drug-likeness (QED) is 0.128. The molecule has 0 aliphatic carbocycles.